The van der Waals surface area contributed by atoms with E-state index in [2.05, 4.69) is 69.1 Å². The number of anilines is 2. The standard InChI is InChI=1S/C44H48ClN9O6/c1-43(2)40(44(3,4)41(43)60-30-7-5-24(19-46)33(45)18-30)50-36(56)27-20-47-42(48-21-27)53-23-26-16-29(53)15-25(26)22-51-11-13-52(14-12-51)28-6-8-31-32(17-28)39(59)54(38(31)58)34-9-10-35(55)49-37(34)57/h5-8,17-18,20-21,25-26,29,34,40-41H,9-16,22-23H2,1-4H3,(H,50,56)(H,49,55,57)/t25-,26+,29-,34?,40?,41?/m0/s1. The summed E-state index contributed by atoms with van der Waals surface area (Å²) in [5, 5.41) is 15.0. The SMILES string of the molecule is CC1(C)C(NC(=O)c2cnc(N3C[C@H]4C[C@@H]3C[C@H]4CN3CCN(c4ccc5c(c4)C(=O)N(C4CCC(=O)NC4=O)C5=O)CC3)nc2)C(C)(C)C1Oc1ccc(C#N)c(Cl)c1. The molecule has 1 unspecified atom stereocenters. The van der Waals surface area contributed by atoms with Crippen molar-refractivity contribution < 1.29 is 28.7 Å². The third-order valence-electron chi connectivity index (χ3n) is 13.9. The number of imide groups is 2. The number of carbonyl (C=O) groups is 5. The maximum Gasteiger partial charge on any atom is 0.262 e. The highest BCUT2D eigenvalue weighted by atomic mass is 35.5. The molecular formula is C44H48ClN9O6. The topological polar surface area (TPSA) is 181 Å². The summed E-state index contributed by atoms with van der Waals surface area (Å²) in [6, 6.07) is 11.6. The average Bonchev–Trinajstić information content (AvgIpc) is 3.90. The zero-order valence-electron chi connectivity index (χ0n) is 34.1. The summed E-state index contributed by atoms with van der Waals surface area (Å²) in [7, 11) is 0. The maximum atomic E-state index is 13.5. The van der Waals surface area contributed by atoms with Gasteiger partial charge in [0.1, 0.15) is 24.0 Å². The van der Waals surface area contributed by atoms with Crippen molar-refractivity contribution in [2.24, 2.45) is 22.7 Å². The number of ether oxygens (including phenoxy) is 1. The number of nitrogens with zero attached hydrogens (tertiary/aromatic N) is 7. The number of benzene rings is 2. The highest BCUT2D eigenvalue weighted by Crippen LogP contribution is 2.55. The van der Waals surface area contributed by atoms with Crippen molar-refractivity contribution in [2.75, 3.05) is 49.1 Å². The Morgan fingerprint density at radius 3 is 2.33 bits per heavy atom. The summed E-state index contributed by atoms with van der Waals surface area (Å²) in [4.78, 5) is 81.5. The monoisotopic (exact) mass is 833 g/mol. The Morgan fingerprint density at radius 2 is 1.68 bits per heavy atom. The lowest BCUT2D eigenvalue weighted by Crippen LogP contribution is -2.74. The molecule has 16 heteroatoms. The molecule has 9 rings (SSSR count). The number of piperazine rings is 1. The lowest BCUT2D eigenvalue weighted by Gasteiger charge is -2.63. The lowest BCUT2D eigenvalue weighted by molar-refractivity contribution is -0.164. The molecule has 1 aromatic heterocycles. The van der Waals surface area contributed by atoms with E-state index in [0.29, 0.717) is 51.3 Å². The van der Waals surface area contributed by atoms with Crippen molar-refractivity contribution in [2.45, 2.75) is 77.6 Å². The molecule has 5 amide bonds. The maximum absolute atomic E-state index is 13.5. The van der Waals surface area contributed by atoms with E-state index in [9.17, 15) is 29.2 Å². The molecule has 312 valence electrons. The van der Waals surface area contributed by atoms with Crippen LogP contribution < -0.4 is 25.2 Å². The third-order valence-corrected chi connectivity index (χ3v) is 14.2. The van der Waals surface area contributed by atoms with Gasteiger partial charge in [-0.05, 0) is 61.4 Å². The second-order valence-corrected chi connectivity index (χ2v) is 18.7. The van der Waals surface area contributed by atoms with Gasteiger partial charge in [0.05, 0.1) is 27.3 Å². The highest BCUT2D eigenvalue weighted by Gasteiger charge is 2.64. The van der Waals surface area contributed by atoms with Crippen molar-refractivity contribution in [3.63, 3.8) is 0 Å². The molecule has 60 heavy (non-hydrogen) atoms. The Labute approximate surface area is 353 Å². The average molecular weight is 834 g/mol. The number of hydrogen-bond donors (Lipinski definition) is 2. The van der Waals surface area contributed by atoms with Gasteiger partial charge in [0, 0.05) is 92.8 Å². The molecule has 3 saturated heterocycles. The van der Waals surface area contributed by atoms with E-state index in [-0.39, 0.29) is 36.5 Å². The Bertz CT molecular complexity index is 2320. The van der Waals surface area contributed by atoms with E-state index in [1.54, 1.807) is 42.7 Å². The molecular weight excluding hydrogens is 786 g/mol. The normalized spacial score (nSPS) is 28.0. The molecule has 2 aliphatic carbocycles. The van der Waals surface area contributed by atoms with Crippen molar-refractivity contribution in [3.8, 4) is 11.8 Å². The number of aromatic nitrogens is 2. The van der Waals surface area contributed by atoms with Gasteiger partial charge < -0.3 is 19.9 Å². The summed E-state index contributed by atoms with van der Waals surface area (Å²) in [5.41, 5.74) is 1.47. The lowest BCUT2D eigenvalue weighted by atomic mass is 9.49. The fraction of sp³-hybridized carbons (Fsp3) is 0.500. The van der Waals surface area contributed by atoms with Crippen LogP contribution in [0.4, 0.5) is 11.6 Å². The van der Waals surface area contributed by atoms with Crippen molar-refractivity contribution in [3.05, 3.63) is 76.1 Å². The number of rotatable bonds is 9. The molecule has 5 fully saturated rings. The van der Waals surface area contributed by atoms with Crippen LogP contribution >= 0.6 is 11.6 Å². The van der Waals surface area contributed by atoms with E-state index in [1.165, 1.54) is 0 Å². The first-order valence-electron chi connectivity index (χ1n) is 20.7. The number of hydrogen-bond acceptors (Lipinski definition) is 12. The fourth-order valence-corrected chi connectivity index (χ4v) is 11.3. The molecule has 15 nitrogen and oxygen atoms in total. The Balaban J connectivity index is 0.750. The van der Waals surface area contributed by atoms with Gasteiger partial charge in [-0.15, -0.1) is 0 Å². The smallest absolute Gasteiger partial charge is 0.262 e. The minimum Gasteiger partial charge on any atom is -0.489 e. The Kier molecular flexibility index (Phi) is 9.86. The molecule has 3 aromatic rings. The number of nitriles is 1. The molecule has 6 aliphatic rings. The summed E-state index contributed by atoms with van der Waals surface area (Å²) in [6.07, 6.45) is 5.40. The van der Waals surface area contributed by atoms with E-state index in [0.717, 1.165) is 62.7 Å². The molecule has 2 bridgehead atoms. The first kappa shape index (κ1) is 39.8. The molecule has 5 heterocycles. The van der Waals surface area contributed by atoms with Gasteiger partial charge in [-0.1, -0.05) is 39.3 Å². The largest absolute Gasteiger partial charge is 0.489 e. The number of nitrogens with one attached hydrogen (secondary N) is 2. The molecule has 4 aliphatic heterocycles. The van der Waals surface area contributed by atoms with E-state index >= 15 is 0 Å². The van der Waals surface area contributed by atoms with Crippen LogP contribution in [0.1, 0.15) is 90.0 Å². The Morgan fingerprint density at radius 1 is 0.967 bits per heavy atom. The summed E-state index contributed by atoms with van der Waals surface area (Å²) < 4.78 is 6.37. The van der Waals surface area contributed by atoms with Crippen molar-refractivity contribution in [1.29, 1.82) is 5.26 Å². The minimum absolute atomic E-state index is 0.0860. The van der Waals surface area contributed by atoms with Crippen molar-refractivity contribution in [1.82, 2.24) is 30.4 Å². The van der Waals surface area contributed by atoms with Crippen LogP contribution in [0.5, 0.6) is 5.75 Å². The highest BCUT2D eigenvalue weighted by molar-refractivity contribution is 6.31. The first-order valence-corrected chi connectivity index (χ1v) is 21.1. The molecule has 4 atom stereocenters. The summed E-state index contributed by atoms with van der Waals surface area (Å²) >= 11 is 6.25. The number of carbonyl (C=O) groups excluding carboxylic acids is 5. The quantitative estimate of drug-likeness (QED) is 0.296. The minimum atomic E-state index is -0.981. The van der Waals surface area contributed by atoms with Crippen LogP contribution in [0.3, 0.4) is 0 Å². The second kappa shape index (κ2) is 14.8. The van der Waals surface area contributed by atoms with Crippen LogP contribution in [0, 0.1) is 34.0 Å². The first-order chi connectivity index (χ1) is 28.6. The van der Waals surface area contributed by atoms with Gasteiger partial charge in [0.2, 0.25) is 17.8 Å². The van der Waals surface area contributed by atoms with Crippen LogP contribution in [0.25, 0.3) is 0 Å². The van der Waals surface area contributed by atoms with Crippen LogP contribution in [0.15, 0.2) is 48.8 Å². The summed E-state index contributed by atoms with van der Waals surface area (Å²) in [6.45, 7) is 13.5. The Hall–Kier alpha value is -5.59. The number of fused-ring (bicyclic) bond motifs is 3. The van der Waals surface area contributed by atoms with E-state index in [1.807, 2.05) is 6.07 Å². The molecule has 2 N–H and O–H groups in total. The van der Waals surface area contributed by atoms with Gasteiger partial charge in [0.15, 0.2) is 0 Å². The summed E-state index contributed by atoms with van der Waals surface area (Å²) in [5.74, 6) is 0.110. The third kappa shape index (κ3) is 6.74. The van der Waals surface area contributed by atoms with Gasteiger partial charge in [-0.25, -0.2) is 9.97 Å². The van der Waals surface area contributed by atoms with E-state index < -0.39 is 40.5 Å². The van der Waals surface area contributed by atoms with E-state index in [4.69, 9.17) is 16.3 Å². The van der Waals surface area contributed by atoms with Gasteiger partial charge >= 0.3 is 0 Å². The van der Waals surface area contributed by atoms with Gasteiger partial charge in [-0.2, -0.15) is 5.26 Å². The molecule has 2 saturated carbocycles. The molecule has 0 spiro atoms. The molecule has 2 aromatic carbocycles. The second-order valence-electron chi connectivity index (χ2n) is 18.3. The van der Waals surface area contributed by atoms with Crippen LogP contribution in [-0.4, -0.2) is 113 Å². The zero-order chi connectivity index (χ0) is 42.2. The van der Waals surface area contributed by atoms with Crippen LogP contribution in [-0.2, 0) is 9.59 Å². The van der Waals surface area contributed by atoms with Crippen LogP contribution in [0.2, 0.25) is 5.02 Å². The molecule has 0 radical (unpaired) electrons. The fourth-order valence-electron chi connectivity index (χ4n) is 11.1. The predicted molar refractivity (Wildman–Crippen MR) is 221 cm³/mol. The van der Waals surface area contributed by atoms with Gasteiger partial charge in [-0.3, -0.25) is 39.1 Å². The zero-order valence-corrected chi connectivity index (χ0v) is 34.9. The van der Waals surface area contributed by atoms with Gasteiger partial charge in [0.25, 0.3) is 17.7 Å². The number of amides is 5. The number of piperidine rings is 2. The number of halogens is 1. The predicted octanol–water partition coefficient (Wildman–Crippen LogP) is 4.05. The van der Waals surface area contributed by atoms with Crippen molar-refractivity contribution >= 4 is 52.8 Å².